The quantitative estimate of drug-likeness (QED) is 0.713. The third-order valence-corrected chi connectivity index (χ3v) is 3.77. The van der Waals surface area contributed by atoms with Gasteiger partial charge in [0.15, 0.2) is 11.5 Å². The topological polar surface area (TPSA) is 101 Å². The molecule has 0 aliphatic carbocycles. The summed E-state index contributed by atoms with van der Waals surface area (Å²) in [5.41, 5.74) is 2.44. The van der Waals surface area contributed by atoms with Gasteiger partial charge in [0.05, 0.1) is 18.8 Å². The van der Waals surface area contributed by atoms with Gasteiger partial charge in [0.2, 0.25) is 11.8 Å². The monoisotopic (exact) mass is 330 g/mol. The Morgan fingerprint density at radius 2 is 2.09 bits per heavy atom. The third kappa shape index (κ3) is 3.51. The van der Waals surface area contributed by atoms with Crippen LogP contribution < -0.4 is 10.6 Å². The van der Waals surface area contributed by atoms with Gasteiger partial charge in [-0.05, 0) is 23.6 Å². The van der Waals surface area contributed by atoms with Crippen molar-refractivity contribution in [3.05, 3.63) is 34.8 Å². The van der Waals surface area contributed by atoms with Gasteiger partial charge in [-0.25, -0.2) is 0 Å². The number of amides is 2. The second-order valence-electron chi connectivity index (χ2n) is 4.80. The predicted molar refractivity (Wildman–Crippen MR) is 84.6 cm³/mol. The fourth-order valence-corrected chi connectivity index (χ4v) is 2.60. The van der Waals surface area contributed by atoms with Gasteiger partial charge >= 0.3 is 0 Å². The van der Waals surface area contributed by atoms with E-state index in [9.17, 15) is 9.59 Å². The second-order valence-corrected chi connectivity index (χ2v) is 5.58. The molecule has 9 heteroatoms. The zero-order valence-electron chi connectivity index (χ0n) is 12.3. The van der Waals surface area contributed by atoms with E-state index in [4.69, 9.17) is 0 Å². The van der Waals surface area contributed by atoms with Gasteiger partial charge < -0.3 is 10.6 Å². The van der Waals surface area contributed by atoms with Crippen LogP contribution in [0.5, 0.6) is 0 Å². The number of aromatic nitrogens is 4. The first-order valence-corrected chi connectivity index (χ1v) is 7.83. The number of nitrogens with one attached hydrogen (secondary N) is 2. The van der Waals surface area contributed by atoms with E-state index in [1.165, 1.54) is 6.92 Å². The molecule has 3 aromatic rings. The minimum Gasteiger partial charge on any atom is -0.347 e. The Bertz CT molecular complexity index is 842. The maximum atomic E-state index is 11.6. The van der Waals surface area contributed by atoms with E-state index in [0.717, 1.165) is 11.3 Å². The van der Waals surface area contributed by atoms with Crippen molar-refractivity contribution >= 4 is 28.8 Å². The summed E-state index contributed by atoms with van der Waals surface area (Å²) in [7, 11) is 0. The van der Waals surface area contributed by atoms with Crippen LogP contribution in [0.25, 0.3) is 16.9 Å². The summed E-state index contributed by atoms with van der Waals surface area (Å²) in [6, 6.07) is 5.69. The highest BCUT2D eigenvalue weighted by Crippen LogP contribution is 2.20. The predicted octanol–water partition coefficient (Wildman–Crippen LogP) is 0.605. The van der Waals surface area contributed by atoms with Crippen molar-refractivity contribution in [3.63, 3.8) is 0 Å². The summed E-state index contributed by atoms with van der Waals surface area (Å²) in [5.74, 6) is -0.0330. The number of carbonyl (C=O) groups is 2. The Balaban J connectivity index is 1.75. The zero-order valence-corrected chi connectivity index (χ0v) is 13.1. The first-order valence-electron chi connectivity index (χ1n) is 6.88. The van der Waals surface area contributed by atoms with E-state index in [1.807, 2.05) is 29.0 Å². The molecule has 0 atom stereocenters. The lowest BCUT2D eigenvalue weighted by Gasteiger charge is -2.05. The standard InChI is InChI=1S/C14H14N6O2S/c1-9(21)15-7-14(22)16-6-13-18-17-12-3-2-11(19-20(12)13)10-4-5-23-8-10/h2-5,8H,6-7H2,1H3,(H,15,21)(H,16,22). The molecule has 3 heterocycles. The van der Waals surface area contributed by atoms with Crippen molar-refractivity contribution < 1.29 is 9.59 Å². The molecule has 0 aromatic carbocycles. The van der Waals surface area contributed by atoms with Crippen LogP contribution in [-0.4, -0.2) is 38.2 Å². The highest BCUT2D eigenvalue weighted by atomic mass is 32.1. The molecule has 0 spiro atoms. The molecule has 3 aromatic heterocycles. The van der Waals surface area contributed by atoms with Crippen LogP contribution in [0, 0.1) is 0 Å². The zero-order chi connectivity index (χ0) is 16.2. The second kappa shape index (κ2) is 6.53. The van der Waals surface area contributed by atoms with Crippen molar-refractivity contribution in [3.8, 4) is 11.3 Å². The molecule has 23 heavy (non-hydrogen) atoms. The lowest BCUT2D eigenvalue weighted by molar-refractivity contribution is -0.125. The van der Waals surface area contributed by atoms with Crippen LogP contribution in [0.3, 0.4) is 0 Å². The molecule has 0 fully saturated rings. The number of thiophene rings is 1. The van der Waals surface area contributed by atoms with E-state index in [2.05, 4.69) is 25.9 Å². The van der Waals surface area contributed by atoms with Gasteiger partial charge in [-0.15, -0.1) is 10.2 Å². The SMILES string of the molecule is CC(=O)NCC(=O)NCc1nnc2ccc(-c3ccsc3)nn12. The molecule has 0 unspecified atom stereocenters. The van der Waals surface area contributed by atoms with E-state index in [1.54, 1.807) is 15.9 Å². The van der Waals surface area contributed by atoms with E-state index in [0.29, 0.717) is 11.5 Å². The lowest BCUT2D eigenvalue weighted by Crippen LogP contribution is -2.35. The van der Waals surface area contributed by atoms with Crippen molar-refractivity contribution in [2.24, 2.45) is 0 Å². The molecule has 118 valence electrons. The summed E-state index contributed by atoms with van der Waals surface area (Å²) >= 11 is 1.60. The van der Waals surface area contributed by atoms with Gasteiger partial charge in [-0.1, -0.05) is 0 Å². The van der Waals surface area contributed by atoms with Crippen LogP contribution in [0.2, 0.25) is 0 Å². The number of nitrogens with zero attached hydrogens (tertiary/aromatic N) is 4. The lowest BCUT2D eigenvalue weighted by atomic mass is 10.2. The van der Waals surface area contributed by atoms with Crippen molar-refractivity contribution in [1.82, 2.24) is 30.4 Å². The summed E-state index contributed by atoms with van der Waals surface area (Å²) in [6.45, 7) is 1.47. The number of carbonyl (C=O) groups excluding carboxylic acids is 2. The Kier molecular flexibility index (Phi) is 4.29. The molecule has 0 saturated carbocycles. The van der Waals surface area contributed by atoms with Gasteiger partial charge in [0.1, 0.15) is 0 Å². The fourth-order valence-electron chi connectivity index (χ4n) is 1.95. The Morgan fingerprint density at radius 1 is 1.22 bits per heavy atom. The van der Waals surface area contributed by atoms with Crippen LogP contribution in [0.15, 0.2) is 29.0 Å². The van der Waals surface area contributed by atoms with Crippen LogP contribution in [0.1, 0.15) is 12.7 Å². The largest absolute Gasteiger partial charge is 0.347 e. The van der Waals surface area contributed by atoms with Gasteiger partial charge in [-0.3, -0.25) is 9.59 Å². The minimum atomic E-state index is -0.300. The van der Waals surface area contributed by atoms with Crippen molar-refractivity contribution in [1.29, 1.82) is 0 Å². The average molecular weight is 330 g/mol. The normalized spacial score (nSPS) is 10.7. The molecule has 2 amide bonds. The Labute approximate surface area is 135 Å². The van der Waals surface area contributed by atoms with Crippen molar-refractivity contribution in [2.45, 2.75) is 13.5 Å². The molecule has 0 aliphatic rings. The highest BCUT2D eigenvalue weighted by molar-refractivity contribution is 7.08. The molecule has 0 saturated heterocycles. The number of fused-ring (bicyclic) bond motifs is 1. The molecule has 3 rings (SSSR count). The molecule has 2 N–H and O–H groups in total. The van der Waals surface area contributed by atoms with E-state index in [-0.39, 0.29) is 24.9 Å². The van der Waals surface area contributed by atoms with E-state index < -0.39 is 0 Å². The van der Waals surface area contributed by atoms with E-state index >= 15 is 0 Å². The van der Waals surface area contributed by atoms with Crippen LogP contribution in [0.4, 0.5) is 0 Å². The highest BCUT2D eigenvalue weighted by Gasteiger charge is 2.10. The molecular formula is C14H14N6O2S. The number of hydrogen-bond donors (Lipinski definition) is 2. The van der Waals surface area contributed by atoms with Crippen LogP contribution >= 0.6 is 11.3 Å². The first kappa shape index (κ1) is 15.1. The summed E-state index contributed by atoms with van der Waals surface area (Å²) in [4.78, 5) is 22.4. The first-order chi connectivity index (χ1) is 11.1. The van der Waals surface area contributed by atoms with Gasteiger partial charge in [0, 0.05) is 17.9 Å². The third-order valence-electron chi connectivity index (χ3n) is 3.09. The van der Waals surface area contributed by atoms with Gasteiger partial charge in [-0.2, -0.15) is 21.0 Å². The summed E-state index contributed by atoms with van der Waals surface area (Å²) in [6.07, 6.45) is 0. The fraction of sp³-hybridized carbons (Fsp3) is 0.214. The summed E-state index contributed by atoms with van der Waals surface area (Å²) in [5, 5.41) is 21.7. The molecule has 0 aliphatic heterocycles. The Hall–Kier alpha value is -2.81. The number of rotatable bonds is 5. The smallest absolute Gasteiger partial charge is 0.239 e. The number of hydrogen-bond acceptors (Lipinski definition) is 6. The molecule has 8 nitrogen and oxygen atoms in total. The molecule has 0 bridgehead atoms. The molecule has 0 radical (unpaired) electrons. The molecular weight excluding hydrogens is 316 g/mol. The summed E-state index contributed by atoms with van der Waals surface area (Å²) < 4.78 is 1.60. The minimum absolute atomic E-state index is 0.0698. The van der Waals surface area contributed by atoms with Crippen molar-refractivity contribution in [2.75, 3.05) is 6.54 Å². The van der Waals surface area contributed by atoms with Gasteiger partial charge in [0.25, 0.3) is 0 Å². The maximum Gasteiger partial charge on any atom is 0.239 e. The maximum absolute atomic E-state index is 11.6. The Morgan fingerprint density at radius 3 is 2.83 bits per heavy atom. The van der Waals surface area contributed by atoms with Crippen LogP contribution in [-0.2, 0) is 16.1 Å². The average Bonchev–Trinajstić information content (AvgIpc) is 3.20.